The number of carboxylic acid groups (broad SMARTS) is 1. The zero-order valence-corrected chi connectivity index (χ0v) is 15.7. The zero-order valence-electron chi connectivity index (χ0n) is 14.9. The van der Waals surface area contributed by atoms with Gasteiger partial charge in [0.2, 0.25) is 0 Å². The highest BCUT2D eigenvalue weighted by Crippen LogP contribution is 2.25. The molecule has 7 nitrogen and oxygen atoms in total. The smallest absolute Gasteiger partial charge is 0.411 e. The highest BCUT2D eigenvalue weighted by Gasteiger charge is 2.34. The van der Waals surface area contributed by atoms with Gasteiger partial charge < -0.3 is 14.7 Å². The van der Waals surface area contributed by atoms with Crippen LogP contribution >= 0.6 is 11.6 Å². The van der Waals surface area contributed by atoms with Crippen molar-refractivity contribution < 1.29 is 24.2 Å². The number of nitrogens with zero attached hydrogens (tertiary/aromatic N) is 1. The van der Waals surface area contributed by atoms with Gasteiger partial charge in [0.15, 0.2) is 0 Å². The standard InChI is InChI=1S/C20H19ClN2O5/c21-15-9-14(18(24)23-8-4-7-17(23)19(25)26)10-16(11-15)22-20(27)28-12-13-5-2-1-3-6-13/h1-3,5-6,9-11,17H,4,7-8,12H2,(H,22,27)(H,25,26)/t17-/m0/s1. The molecule has 3 rings (SSSR count). The highest BCUT2D eigenvalue weighted by atomic mass is 35.5. The molecular formula is C20H19ClN2O5. The molecule has 1 aliphatic rings. The predicted octanol–water partition coefficient (Wildman–Crippen LogP) is 3.78. The van der Waals surface area contributed by atoms with Crippen molar-refractivity contribution in [3.8, 4) is 0 Å². The lowest BCUT2D eigenvalue weighted by molar-refractivity contribution is -0.141. The minimum absolute atomic E-state index is 0.104. The van der Waals surface area contributed by atoms with Crippen LogP contribution in [0.3, 0.4) is 0 Å². The fraction of sp³-hybridized carbons (Fsp3) is 0.250. The Morgan fingerprint density at radius 1 is 1.18 bits per heavy atom. The first-order valence-electron chi connectivity index (χ1n) is 8.76. The number of ether oxygens (including phenoxy) is 1. The highest BCUT2D eigenvalue weighted by molar-refractivity contribution is 6.31. The summed E-state index contributed by atoms with van der Waals surface area (Å²) in [6.45, 7) is 0.470. The number of likely N-dealkylation sites (tertiary alicyclic amines) is 1. The van der Waals surface area contributed by atoms with Gasteiger partial charge in [0, 0.05) is 22.8 Å². The molecule has 2 N–H and O–H groups in total. The maximum atomic E-state index is 12.7. The monoisotopic (exact) mass is 402 g/mol. The topological polar surface area (TPSA) is 95.9 Å². The number of benzene rings is 2. The van der Waals surface area contributed by atoms with Gasteiger partial charge in [-0.3, -0.25) is 10.1 Å². The molecule has 0 radical (unpaired) electrons. The molecule has 2 aromatic rings. The van der Waals surface area contributed by atoms with Crippen LogP contribution in [0, 0.1) is 0 Å². The third kappa shape index (κ3) is 4.80. The molecule has 0 spiro atoms. The number of hydrogen-bond acceptors (Lipinski definition) is 4. The molecule has 146 valence electrons. The maximum absolute atomic E-state index is 12.7. The van der Waals surface area contributed by atoms with Gasteiger partial charge in [-0.25, -0.2) is 9.59 Å². The van der Waals surface area contributed by atoms with Crippen molar-refractivity contribution in [2.75, 3.05) is 11.9 Å². The first kappa shape index (κ1) is 19.7. The van der Waals surface area contributed by atoms with E-state index in [9.17, 15) is 19.5 Å². The molecule has 1 saturated heterocycles. The number of carbonyl (C=O) groups is 3. The predicted molar refractivity (Wildman–Crippen MR) is 103 cm³/mol. The summed E-state index contributed by atoms with van der Waals surface area (Å²) < 4.78 is 5.15. The van der Waals surface area contributed by atoms with Gasteiger partial charge in [-0.05, 0) is 36.6 Å². The van der Waals surface area contributed by atoms with E-state index in [4.69, 9.17) is 16.3 Å². The van der Waals surface area contributed by atoms with Crippen molar-refractivity contribution >= 4 is 35.3 Å². The Balaban J connectivity index is 1.68. The number of amides is 2. The van der Waals surface area contributed by atoms with Crippen molar-refractivity contribution in [2.45, 2.75) is 25.5 Å². The van der Waals surface area contributed by atoms with E-state index < -0.39 is 24.0 Å². The van der Waals surface area contributed by atoms with Gasteiger partial charge in [-0.1, -0.05) is 41.9 Å². The Morgan fingerprint density at radius 2 is 1.93 bits per heavy atom. The lowest BCUT2D eigenvalue weighted by Gasteiger charge is -2.21. The molecule has 1 aliphatic heterocycles. The molecule has 0 aliphatic carbocycles. The quantitative estimate of drug-likeness (QED) is 0.793. The molecule has 1 atom stereocenters. The Kier molecular flexibility index (Phi) is 6.16. The Hall–Kier alpha value is -3.06. The Bertz CT molecular complexity index is 887. The van der Waals surface area contributed by atoms with Crippen LogP contribution in [0.1, 0.15) is 28.8 Å². The number of nitrogens with one attached hydrogen (secondary N) is 1. The summed E-state index contributed by atoms with van der Waals surface area (Å²) in [5, 5.41) is 12.1. The van der Waals surface area contributed by atoms with Crippen LogP contribution in [0.4, 0.5) is 10.5 Å². The summed E-state index contributed by atoms with van der Waals surface area (Å²) >= 11 is 6.08. The molecule has 2 aromatic carbocycles. The normalized spacial score (nSPS) is 15.9. The number of rotatable bonds is 5. The van der Waals surface area contributed by atoms with Gasteiger partial charge in [-0.15, -0.1) is 0 Å². The number of aliphatic carboxylic acids is 1. The van der Waals surface area contributed by atoms with Gasteiger partial charge in [0.25, 0.3) is 5.91 Å². The average molecular weight is 403 g/mol. The van der Waals surface area contributed by atoms with Crippen molar-refractivity contribution in [1.29, 1.82) is 0 Å². The molecule has 2 amide bonds. The Labute approximate surface area is 166 Å². The summed E-state index contributed by atoms with van der Waals surface area (Å²) in [6.07, 6.45) is 0.354. The molecule has 0 bridgehead atoms. The number of carboxylic acids is 1. The van der Waals surface area contributed by atoms with E-state index in [1.54, 1.807) is 0 Å². The van der Waals surface area contributed by atoms with Crippen LogP contribution in [0.5, 0.6) is 0 Å². The van der Waals surface area contributed by atoms with Crippen molar-refractivity contribution in [1.82, 2.24) is 4.90 Å². The van der Waals surface area contributed by atoms with Crippen molar-refractivity contribution in [3.05, 3.63) is 64.7 Å². The fourth-order valence-corrected chi connectivity index (χ4v) is 3.33. The van der Waals surface area contributed by atoms with Crippen LogP contribution < -0.4 is 5.32 Å². The molecule has 1 fully saturated rings. The van der Waals surface area contributed by atoms with Gasteiger partial charge in [-0.2, -0.15) is 0 Å². The molecule has 0 unspecified atom stereocenters. The summed E-state index contributed by atoms with van der Waals surface area (Å²) in [5.41, 5.74) is 1.34. The molecule has 0 saturated carbocycles. The number of halogens is 1. The average Bonchev–Trinajstić information content (AvgIpc) is 3.16. The lowest BCUT2D eigenvalue weighted by Crippen LogP contribution is -2.40. The van der Waals surface area contributed by atoms with Gasteiger partial charge in [0.05, 0.1) is 0 Å². The molecule has 1 heterocycles. The summed E-state index contributed by atoms with van der Waals surface area (Å²) in [7, 11) is 0. The van der Waals surface area contributed by atoms with E-state index in [0.29, 0.717) is 25.1 Å². The van der Waals surface area contributed by atoms with E-state index in [0.717, 1.165) is 5.56 Å². The molecule has 28 heavy (non-hydrogen) atoms. The first-order chi connectivity index (χ1) is 13.4. The third-order valence-corrected chi connectivity index (χ3v) is 4.62. The largest absolute Gasteiger partial charge is 0.480 e. The summed E-state index contributed by atoms with van der Waals surface area (Å²) in [5.74, 6) is -1.47. The van der Waals surface area contributed by atoms with Gasteiger partial charge in [0.1, 0.15) is 12.6 Å². The van der Waals surface area contributed by atoms with Crippen molar-refractivity contribution in [3.63, 3.8) is 0 Å². The SMILES string of the molecule is O=C(Nc1cc(Cl)cc(C(=O)N2CCC[C@H]2C(=O)O)c1)OCc1ccccc1. The lowest BCUT2D eigenvalue weighted by atomic mass is 10.1. The van der Waals surface area contributed by atoms with E-state index in [1.807, 2.05) is 30.3 Å². The minimum atomic E-state index is -1.03. The van der Waals surface area contributed by atoms with Crippen LogP contribution in [0.25, 0.3) is 0 Å². The van der Waals surface area contributed by atoms with Crippen LogP contribution in [-0.4, -0.2) is 40.6 Å². The number of anilines is 1. The second-order valence-electron chi connectivity index (χ2n) is 6.41. The van der Waals surface area contributed by atoms with E-state index >= 15 is 0 Å². The first-order valence-corrected chi connectivity index (χ1v) is 9.14. The van der Waals surface area contributed by atoms with Crippen molar-refractivity contribution in [2.24, 2.45) is 0 Å². The summed E-state index contributed by atoms with van der Waals surface area (Å²) in [4.78, 5) is 37.4. The van der Waals surface area contributed by atoms with Crippen LogP contribution in [0.2, 0.25) is 5.02 Å². The van der Waals surface area contributed by atoms with Gasteiger partial charge >= 0.3 is 12.1 Å². The number of carbonyl (C=O) groups excluding carboxylic acids is 2. The minimum Gasteiger partial charge on any atom is -0.480 e. The third-order valence-electron chi connectivity index (χ3n) is 4.40. The van der Waals surface area contributed by atoms with E-state index in [2.05, 4.69) is 5.32 Å². The zero-order chi connectivity index (χ0) is 20.1. The van der Waals surface area contributed by atoms with E-state index in [-0.39, 0.29) is 17.2 Å². The fourth-order valence-electron chi connectivity index (χ4n) is 3.09. The van der Waals surface area contributed by atoms with Crippen LogP contribution in [-0.2, 0) is 16.1 Å². The number of hydrogen-bond donors (Lipinski definition) is 2. The second kappa shape index (κ2) is 8.75. The second-order valence-corrected chi connectivity index (χ2v) is 6.85. The molecule has 8 heteroatoms. The molecular weight excluding hydrogens is 384 g/mol. The van der Waals surface area contributed by atoms with E-state index in [1.165, 1.54) is 23.1 Å². The molecule has 0 aromatic heterocycles. The summed E-state index contributed by atoms with van der Waals surface area (Å²) in [6, 6.07) is 12.7. The Morgan fingerprint density at radius 3 is 2.64 bits per heavy atom. The van der Waals surface area contributed by atoms with Crippen LogP contribution in [0.15, 0.2) is 48.5 Å². The maximum Gasteiger partial charge on any atom is 0.411 e.